The van der Waals surface area contributed by atoms with Crippen molar-refractivity contribution in [3.63, 3.8) is 0 Å². The summed E-state index contributed by atoms with van der Waals surface area (Å²) in [6.45, 7) is 3.82. The molecule has 2 bridgehead atoms. The van der Waals surface area contributed by atoms with E-state index in [1.807, 2.05) is 6.92 Å². The van der Waals surface area contributed by atoms with Crippen molar-refractivity contribution in [3.8, 4) is 17.1 Å². The quantitative estimate of drug-likeness (QED) is 0.213. The number of anilines is 2. The summed E-state index contributed by atoms with van der Waals surface area (Å²) in [7, 11) is 1.53. The Balaban J connectivity index is 1.42. The molecule has 0 spiro atoms. The van der Waals surface area contributed by atoms with Gasteiger partial charge in [-0.05, 0) is 50.1 Å². The Morgan fingerprint density at radius 1 is 1.20 bits per heavy atom. The predicted molar refractivity (Wildman–Crippen MR) is 164 cm³/mol. The minimum Gasteiger partial charge on any atom is -0.384 e. The zero-order valence-corrected chi connectivity index (χ0v) is 25.3. The molecule has 11 nitrogen and oxygen atoms in total. The van der Waals surface area contributed by atoms with Crippen molar-refractivity contribution in [1.29, 1.82) is 0 Å². The van der Waals surface area contributed by atoms with Crippen molar-refractivity contribution in [2.45, 2.75) is 45.6 Å². The summed E-state index contributed by atoms with van der Waals surface area (Å²) >= 11 is 5.96. The zero-order valence-electron chi connectivity index (χ0n) is 24.5. The van der Waals surface area contributed by atoms with Gasteiger partial charge in [-0.2, -0.15) is 5.10 Å². The molecule has 4 aromatic rings. The molecule has 1 aliphatic rings. The number of hydrogen-bond acceptors (Lipinski definition) is 6. The molecule has 3 amide bonds. The number of nitrogens with zero attached hydrogens (tertiary/aromatic N) is 3. The van der Waals surface area contributed by atoms with Gasteiger partial charge in [0.05, 0.1) is 59.1 Å². The lowest BCUT2D eigenvalue weighted by atomic mass is 9.98. The van der Waals surface area contributed by atoms with Crippen molar-refractivity contribution in [2.24, 2.45) is 5.92 Å². The summed E-state index contributed by atoms with van der Waals surface area (Å²) in [5, 5.41) is 13.1. The number of H-pyrrole nitrogens is 1. The molecule has 1 aliphatic heterocycles. The second kappa shape index (κ2) is 13.4. The molecule has 13 heteroatoms. The van der Waals surface area contributed by atoms with Gasteiger partial charge in [-0.1, -0.05) is 31.0 Å². The Hall–Kier alpha value is -4.55. The Morgan fingerprint density at radius 3 is 2.82 bits per heavy atom. The maximum Gasteiger partial charge on any atom is 0.255 e. The number of halogens is 2. The van der Waals surface area contributed by atoms with E-state index in [4.69, 9.17) is 16.3 Å². The number of methoxy groups -OCH3 is 1. The van der Waals surface area contributed by atoms with Crippen LogP contribution in [0.1, 0.15) is 60.4 Å². The van der Waals surface area contributed by atoms with Gasteiger partial charge in [-0.25, -0.2) is 14.1 Å². The van der Waals surface area contributed by atoms with Gasteiger partial charge in [0.15, 0.2) is 5.82 Å². The largest absolute Gasteiger partial charge is 0.384 e. The lowest BCUT2D eigenvalue weighted by Crippen LogP contribution is -2.29. The summed E-state index contributed by atoms with van der Waals surface area (Å²) in [5.74, 6) is -1.22. The highest BCUT2D eigenvalue weighted by Gasteiger charge is 2.25. The molecule has 0 radical (unpaired) electrons. The summed E-state index contributed by atoms with van der Waals surface area (Å²) in [6.07, 6.45) is 5.01. The Bertz CT molecular complexity index is 1700. The second-order valence-corrected chi connectivity index (χ2v) is 11.1. The third-order valence-corrected chi connectivity index (χ3v) is 7.91. The molecule has 2 atom stereocenters. The molecule has 0 saturated heterocycles. The van der Waals surface area contributed by atoms with Crippen LogP contribution in [0, 0.1) is 18.7 Å². The smallest absolute Gasteiger partial charge is 0.255 e. The molecular formula is C31H33ClFN7O4. The number of ether oxygens (including phenoxy) is 1. The number of hydrogen-bond donors (Lipinski definition) is 4. The molecular weight excluding hydrogens is 589 g/mol. The predicted octanol–water partition coefficient (Wildman–Crippen LogP) is 5.57. The number of imidazole rings is 1. The first kappa shape index (κ1) is 30.9. The number of aromatic nitrogens is 4. The molecule has 4 N–H and O–H groups in total. The van der Waals surface area contributed by atoms with Crippen LogP contribution in [0.25, 0.3) is 17.1 Å². The number of rotatable bonds is 7. The van der Waals surface area contributed by atoms with E-state index < -0.39 is 11.9 Å². The zero-order chi connectivity index (χ0) is 31.4. The van der Waals surface area contributed by atoms with E-state index in [-0.39, 0.29) is 46.3 Å². The molecule has 0 aliphatic carbocycles. The van der Waals surface area contributed by atoms with Crippen LogP contribution >= 0.6 is 11.6 Å². The minimum absolute atomic E-state index is 0.0424. The van der Waals surface area contributed by atoms with Crippen molar-refractivity contribution in [1.82, 2.24) is 25.1 Å². The fourth-order valence-corrected chi connectivity index (χ4v) is 5.26. The maximum atomic E-state index is 14.7. The third kappa shape index (κ3) is 6.66. The van der Waals surface area contributed by atoms with Gasteiger partial charge in [0, 0.05) is 24.3 Å². The van der Waals surface area contributed by atoms with E-state index in [2.05, 4.69) is 31.0 Å². The number of aromatic amines is 1. The fraction of sp³-hybridized carbons (Fsp3) is 0.323. The monoisotopic (exact) mass is 621 g/mol. The van der Waals surface area contributed by atoms with Gasteiger partial charge >= 0.3 is 0 Å². The van der Waals surface area contributed by atoms with E-state index in [0.29, 0.717) is 60.0 Å². The van der Waals surface area contributed by atoms with Gasteiger partial charge in [-0.15, -0.1) is 0 Å². The van der Waals surface area contributed by atoms with Crippen LogP contribution in [0.15, 0.2) is 48.8 Å². The van der Waals surface area contributed by atoms with Crippen LogP contribution in [0.4, 0.5) is 15.8 Å². The molecule has 44 heavy (non-hydrogen) atoms. The topological polar surface area (TPSA) is 143 Å². The van der Waals surface area contributed by atoms with Crippen LogP contribution in [0.2, 0.25) is 5.02 Å². The van der Waals surface area contributed by atoms with E-state index in [0.717, 1.165) is 0 Å². The summed E-state index contributed by atoms with van der Waals surface area (Å²) in [4.78, 5) is 46.7. The van der Waals surface area contributed by atoms with Crippen molar-refractivity contribution >= 4 is 40.7 Å². The highest BCUT2D eigenvalue weighted by Crippen LogP contribution is 2.32. The van der Waals surface area contributed by atoms with Gasteiger partial charge < -0.3 is 25.7 Å². The number of fused-ring (bicyclic) bond motifs is 4. The molecule has 2 aromatic heterocycles. The number of carbonyl (C=O) groups is 3. The second-order valence-electron chi connectivity index (χ2n) is 10.7. The van der Waals surface area contributed by atoms with Gasteiger partial charge in [0.2, 0.25) is 11.8 Å². The number of amides is 3. The first-order valence-corrected chi connectivity index (χ1v) is 14.6. The number of nitrogens with one attached hydrogen (secondary N) is 4. The first-order valence-electron chi connectivity index (χ1n) is 14.2. The van der Waals surface area contributed by atoms with Crippen LogP contribution in [0.5, 0.6) is 0 Å². The average molecular weight is 622 g/mol. The summed E-state index contributed by atoms with van der Waals surface area (Å²) in [5.41, 5.74) is 3.20. The fourth-order valence-electron chi connectivity index (χ4n) is 5.09. The average Bonchev–Trinajstić information content (AvgIpc) is 3.64. The number of carbonyl (C=O) groups excluding carboxylic acids is 3. The molecule has 2 unspecified atom stereocenters. The van der Waals surface area contributed by atoms with Crippen LogP contribution in [-0.2, 0) is 14.3 Å². The van der Waals surface area contributed by atoms with Crippen LogP contribution in [0.3, 0.4) is 0 Å². The van der Waals surface area contributed by atoms with E-state index in [1.54, 1.807) is 37.4 Å². The molecule has 0 fully saturated rings. The molecule has 230 valence electrons. The van der Waals surface area contributed by atoms with Crippen LogP contribution in [-0.4, -0.2) is 51.2 Å². The van der Waals surface area contributed by atoms with E-state index in [1.165, 1.54) is 30.1 Å². The normalized spacial score (nSPS) is 16.7. The lowest BCUT2D eigenvalue weighted by molar-refractivity contribution is -0.119. The highest BCUT2D eigenvalue weighted by molar-refractivity contribution is 6.30. The standard InChI is InChI=1S/C31H33ClFN7O4/c1-17-6-4-8-23(38-31(43)21-15-35-40(18(21)2)26-9-5-7-22(32)28(26)33)25-16-34-29(37-25)20-11-10-19(14-24(20)39-30(17)42)36-27(41)12-13-44-3/h5,7,9-11,14-17,23H,4,6,8,12-13H2,1-3H3,(H,34,37)(H,36,41)(H,38,43)(H,39,42). The lowest BCUT2D eigenvalue weighted by Gasteiger charge is -2.20. The molecule has 0 saturated carbocycles. The molecule has 2 aromatic carbocycles. The highest BCUT2D eigenvalue weighted by atomic mass is 35.5. The Kier molecular flexibility index (Phi) is 9.40. The number of benzene rings is 2. The van der Waals surface area contributed by atoms with Gasteiger partial charge in [0.25, 0.3) is 5.91 Å². The minimum atomic E-state index is -0.629. The summed E-state index contributed by atoms with van der Waals surface area (Å²) < 4.78 is 21.0. The SMILES string of the molecule is COCCC(=O)Nc1ccc2c(c1)NC(=O)C(C)CCCC(NC(=O)c1cnn(-c3cccc(Cl)c3F)c1C)c1cnc-2[nH]1. The van der Waals surface area contributed by atoms with E-state index >= 15 is 0 Å². The van der Waals surface area contributed by atoms with Gasteiger partial charge in [0.1, 0.15) is 11.5 Å². The van der Waals surface area contributed by atoms with Crippen molar-refractivity contribution in [2.75, 3.05) is 24.4 Å². The van der Waals surface area contributed by atoms with Crippen molar-refractivity contribution in [3.05, 3.63) is 76.6 Å². The molecule has 3 heterocycles. The third-order valence-electron chi connectivity index (χ3n) is 7.62. The maximum absolute atomic E-state index is 14.7. The Labute approximate surface area is 258 Å². The van der Waals surface area contributed by atoms with Gasteiger partial charge in [-0.3, -0.25) is 14.4 Å². The first-order chi connectivity index (χ1) is 21.2. The summed E-state index contributed by atoms with van der Waals surface area (Å²) in [6, 6.07) is 9.33. The Morgan fingerprint density at radius 2 is 2.02 bits per heavy atom. The van der Waals surface area contributed by atoms with Crippen molar-refractivity contribution < 1.29 is 23.5 Å². The molecule has 5 rings (SSSR count). The van der Waals surface area contributed by atoms with Crippen LogP contribution < -0.4 is 16.0 Å². The van der Waals surface area contributed by atoms with E-state index in [9.17, 15) is 18.8 Å².